The van der Waals surface area contributed by atoms with Gasteiger partial charge in [0.05, 0.1) is 12.2 Å². The van der Waals surface area contributed by atoms with Gasteiger partial charge in [-0.05, 0) is 44.4 Å². The molecule has 0 aromatic rings. The van der Waals surface area contributed by atoms with E-state index < -0.39 is 0 Å². The monoisotopic (exact) mass is 256 g/mol. The number of carbonyl (C=O) groups is 1. The number of carbonyl (C=O) groups excluding carboxylic acids is 1. The molecule has 5 heteroatoms. The van der Waals surface area contributed by atoms with Crippen LogP contribution in [0.5, 0.6) is 0 Å². The van der Waals surface area contributed by atoms with Crippen LogP contribution in [-0.4, -0.2) is 42.4 Å². The SMILES string of the molecule is NCC1CCC(C(=O)NCC2CCC(O)CC2)O1. The Labute approximate surface area is 108 Å². The highest BCUT2D eigenvalue weighted by atomic mass is 16.5. The van der Waals surface area contributed by atoms with Gasteiger partial charge in [0.25, 0.3) is 0 Å². The molecule has 104 valence electrons. The van der Waals surface area contributed by atoms with Crippen LogP contribution in [0, 0.1) is 5.92 Å². The molecule has 0 radical (unpaired) electrons. The molecular formula is C13H24N2O3. The third-order valence-electron chi connectivity index (χ3n) is 4.04. The molecule has 18 heavy (non-hydrogen) atoms. The quantitative estimate of drug-likeness (QED) is 0.669. The van der Waals surface area contributed by atoms with E-state index in [1.165, 1.54) is 0 Å². The van der Waals surface area contributed by atoms with Crippen molar-refractivity contribution < 1.29 is 14.6 Å². The van der Waals surface area contributed by atoms with Crippen molar-refractivity contribution >= 4 is 5.91 Å². The summed E-state index contributed by atoms with van der Waals surface area (Å²) < 4.78 is 5.55. The van der Waals surface area contributed by atoms with Crippen LogP contribution in [0.2, 0.25) is 0 Å². The van der Waals surface area contributed by atoms with E-state index >= 15 is 0 Å². The molecule has 2 atom stereocenters. The molecule has 0 spiro atoms. The van der Waals surface area contributed by atoms with E-state index in [9.17, 15) is 9.90 Å². The van der Waals surface area contributed by atoms with Crippen LogP contribution in [0.4, 0.5) is 0 Å². The number of nitrogens with one attached hydrogen (secondary N) is 1. The number of ether oxygens (including phenoxy) is 1. The van der Waals surface area contributed by atoms with Gasteiger partial charge in [0.15, 0.2) is 0 Å². The minimum absolute atomic E-state index is 0.00271. The Morgan fingerprint density at radius 2 is 1.94 bits per heavy atom. The number of hydrogen-bond donors (Lipinski definition) is 3. The molecule has 1 aliphatic carbocycles. The van der Waals surface area contributed by atoms with Crippen molar-refractivity contribution in [1.82, 2.24) is 5.32 Å². The standard InChI is InChI=1S/C13H24N2O3/c14-7-11-5-6-12(18-11)13(17)15-8-9-1-3-10(16)4-2-9/h9-12,16H,1-8,14H2,(H,15,17). The molecule has 0 bridgehead atoms. The third-order valence-corrected chi connectivity index (χ3v) is 4.04. The lowest BCUT2D eigenvalue weighted by atomic mass is 9.87. The van der Waals surface area contributed by atoms with E-state index in [0.29, 0.717) is 19.0 Å². The Kier molecular flexibility index (Phi) is 4.97. The Hall–Kier alpha value is -0.650. The summed E-state index contributed by atoms with van der Waals surface area (Å²) in [7, 11) is 0. The summed E-state index contributed by atoms with van der Waals surface area (Å²) in [6.07, 6.45) is 4.96. The zero-order chi connectivity index (χ0) is 13.0. The Morgan fingerprint density at radius 3 is 2.56 bits per heavy atom. The second-order valence-electron chi connectivity index (χ2n) is 5.48. The smallest absolute Gasteiger partial charge is 0.249 e. The fourth-order valence-electron chi connectivity index (χ4n) is 2.78. The predicted molar refractivity (Wildman–Crippen MR) is 67.9 cm³/mol. The molecule has 2 aliphatic rings. The molecule has 0 aromatic heterocycles. The van der Waals surface area contributed by atoms with Gasteiger partial charge >= 0.3 is 0 Å². The fourth-order valence-corrected chi connectivity index (χ4v) is 2.78. The maximum Gasteiger partial charge on any atom is 0.249 e. The summed E-state index contributed by atoms with van der Waals surface area (Å²) in [5.74, 6) is 0.501. The summed E-state index contributed by atoms with van der Waals surface area (Å²) in [4.78, 5) is 11.9. The van der Waals surface area contributed by atoms with Crippen molar-refractivity contribution in [2.24, 2.45) is 11.7 Å². The maximum atomic E-state index is 11.9. The molecular weight excluding hydrogens is 232 g/mol. The molecule has 1 amide bonds. The zero-order valence-electron chi connectivity index (χ0n) is 10.8. The van der Waals surface area contributed by atoms with Crippen LogP contribution < -0.4 is 11.1 Å². The number of aliphatic hydroxyl groups excluding tert-OH is 1. The summed E-state index contributed by atoms with van der Waals surface area (Å²) in [6.45, 7) is 1.20. The van der Waals surface area contributed by atoms with Crippen molar-refractivity contribution in [3.8, 4) is 0 Å². The lowest BCUT2D eigenvalue weighted by Crippen LogP contribution is -2.39. The summed E-state index contributed by atoms with van der Waals surface area (Å²) in [6, 6.07) is 0. The molecule has 5 nitrogen and oxygen atoms in total. The normalized spacial score (nSPS) is 36.6. The Bertz CT molecular complexity index is 277. The Balaban J connectivity index is 1.66. The Morgan fingerprint density at radius 1 is 1.22 bits per heavy atom. The zero-order valence-corrected chi connectivity index (χ0v) is 10.8. The second-order valence-corrected chi connectivity index (χ2v) is 5.48. The number of rotatable bonds is 4. The second kappa shape index (κ2) is 6.50. The van der Waals surface area contributed by atoms with E-state index in [0.717, 1.165) is 38.5 Å². The third kappa shape index (κ3) is 3.67. The van der Waals surface area contributed by atoms with Crippen LogP contribution in [-0.2, 0) is 9.53 Å². The summed E-state index contributed by atoms with van der Waals surface area (Å²) in [5, 5.41) is 12.4. The van der Waals surface area contributed by atoms with Crippen LogP contribution in [0.15, 0.2) is 0 Å². The lowest BCUT2D eigenvalue weighted by molar-refractivity contribution is -0.132. The van der Waals surface area contributed by atoms with E-state index in [1.54, 1.807) is 0 Å². The van der Waals surface area contributed by atoms with Gasteiger partial charge in [-0.25, -0.2) is 0 Å². The van der Waals surface area contributed by atoms with Crippen LogP contribution in [0.1, 0.15) is 38.5 Å². The van der Waals surface area contributed by atoms with Crippen molar-refractivity contribution in [1.29, 1.82) is 0 Å². The first kappa shape index (κ1) is 13.8. The highest BCUT2D eigenvalue weighted by Gasteiger charge is 2.30. The van der Waals surface area contributed by atoms with E-state index in [-0.39, 0.29) is 24.2 Å². The van der Waals surface area contributed by atoms with E-state index in [1.807, 2.05) is 0 Å². The van der Waals surface area contributed by atoms with Gasteiger partial charge in [-0.2, -0.15) is 0 Å². The first-order valence-electron chi connectivity index (χ1n) is 7.00. The van der Waals surface area contributed by atoms with Crippen LogP contribution in [0.25, 0.3) is 0 Å². The highest BCUT2D eigenvalue weighted by Crippen LogP contribution is 2.24. The number of amides is 1. The van der Waals surface area contributed by atoms with Crippen molar-refractivity contribution in [3.63, 3.8) is 0 Å². The predicted octanol–water partition coefficient (Wildman–Crippen LogP) is 0.160. The number of nitrogens with two attached hydrogens (primary N) is 1. The largest absolute Gasteiger partial charge is 0.393 e. The fraction of sp³-hybridized carbons (Fsp3) is 0.923. The summed E-state index contributed by atoms with van der Waals surface area (Å²) >= 11 is 0. The molecule has 2 unspecified atom stereocenters. The molecule has 0 aromatic carbocycles. The van der Waals surface area contributed by atoms with Gasteiger partial charge in [0, 0.05) is 13.1 Å². The van der Waals surface area contributed by atoms with Crippen molar-refractivity contribution in [2.75, 3.05) is 13.1 Å². The number of aliphatic hydroxyl groups is 1. The molecule has 1 aliphatic heterocycles. The van der Waals surface area contributed by atoms with Gasteiger partial charge in [-0.3, -0.25) is 4.79 Å². The van der Waals surface area contributed by atoms with Crippen LogP contribution in [0.3, 0.4) is 0 Å². The van der Waals surface area contributed by atoms with Gasteiger partial charge in [0.1, 0.15) is 6.10 Å². The number of hydrogen-bond acceptors (Lipinski definition) is 4. The van der Waals surface area contributed by atoms with Gasteiger partial charge < -0.3 is 20.9 Å². The first-order valence-corrected chi connectivity index (χ1v) is 7.00. The summed E-state index contributed by atoms with van der Waals surface area (Å²) in [5.41, 5.74) is 5.52. The van der Waals surface area contributed by atoms with E-state index in [4.69, 9.17) is 10.5 Å². The maximum absolute atomic E-state index is 11.9. The minimum Gasteiger partial charge on any atom is -0.393 e. The average molecular weight is 256 g/mol. The highest BCUT2D eigenvalue weighted by molar-refractivity contribution is 5.81. The van der Waals surface area contributed by atoms with Gasteiger partial charge in [0.2, 0.25) is 5.91 Å². The van der Waals surface area contributed by atoms with Crippen LogP contribution >= 0.6 is 0 Å². The van der Waals surface area contributed by atoms with Gasteiger partial charge in [-0.1, -0.05) is 0 Å². The molecule has 2 fully saturated rings. The molecule has 1 heterocycles. The lowest BCUT2D eigenvalue weighted by Gasteiger charge is -2.25. The molecule has 2 rings (SSSR count). The average Bonchev–Trinajstić information content (AvgIpc) is 2.86. The van der Waals surface area contributed by atoms with E-state index in [2.05, 4.69) is 5.32 Å². The first-order chi connectivity index (χ1) is 8.69. The van der Waals surface area contributed by atoms with Crippen molar-refractivity contribution in [2.45, 2.75) is 56.8 Å². The molecule has 1 saturated heterocycles. The molecule has 4 N–H and O–H groups in total. The topological polar surface area (TPSA) is 84.6 Å². The molecule has 1 saturated carbocycles. The van der Waals surface area contributed by atoms with Crippen molar-refractivity contribution in [3.05, 3.63) is 0 Å². The minimum atomic E-state index is -0.312. The van der Waals surface area contributed by atoms with Gasteiger partial charge in [-0.15, -0.1) is 0 Å².